The van der Waals surface area contributed by atoms with Crippen molar-refractivity contribution in [1.82, 2.24) is 0 Å². The summed E-state index contributed by atoms with van der Waals surface area (Å²) in [4.78, 5) is 0. The van der Waals surface area contributed by atoms with E-state index in [9.17, 15) is 0 Å². The summed E-state index contributed by atoms with van der Waals surface area (Å²) >= 11 is 0. The van der Waals surface area contributed by atoms with Gasteiger partial charge in [0.15, 0.2) is 0 Å². The molecule has 2 N–H and O–H groups in total. The van der Waals surface area contributed by atoms with Crippen LogP contribution in [0.15, 0.2) is 24.3 Å². The molecule has 0 radical (unpaired) electrons. The second-order valence-electron chi connectivity index (χ2n) is 4.42. The van der Waals surface area contributed by atoms with Gasteiger partial charge in [-0.05, 0) is 30.0 Å². The fourth-order valence-electron chi connectivity index (χ4n) is 1.87. The molecule has 1 nitrogen and oxygen atoms in total. The molecular formula is C14H23N. The Balaban J connectivity index is 2.33. The topological polar surface area (TPSA) is 26.0 Å². The van der Waals surface area contributed by atoms with Gasteiger partial charge in [0.05, 0.1) is 0 Å². The van der Waals surface area contributed by atoms with Crippen LogP contribution < -0.4 is 5.73 Å². The molecule has 0 aliphatic rings. The number of nitrogens with two attached hydrogens (primary N) is 1. The number of hydrogen-bond acceptors (Lipinski definition) is 1. The largest absolute Gasteiger partial charge is 0.399 e. The molecule has 0 saturated heterocycles. The zero-order chi connectivity index (χ0) is 11.1. The van der Waals surface area contributed by atoms with Crippen LogP contribution in [0.4, 0.5) is 5.69 Å². The van der Waals surface area contributed by atoms with Crippen LogP contribution >= 0.6 is 0 Å². The van der Waals surface area contributed by atoms with E-state index in [1.807, 2.05) is 12.1 Å². The Bertz CT molecular complexity index is 263. The van der Waals surface area contributed by atoms with Crippen molar-refractivity contribution in [2.75, 3.05) is 5.73 Å². The van der Waals surface area contributed by atoms with Crippen molar-refractivity contribution in [3.63, 3.8) is 0 Å². The molecule has 84 valence electrons. The van der Waals surface area contributed by atoms with Crippen LogP contribution in [0.2, 0.25) is 0 Å². The summed E-state index contributed by atoms with van der Waals surface area (Å²) in [6, 6.07) is 8.30. The molecule has 0 bridgehead atoms. The lowest BCUT2D eigenvalue weighted by molar-refractivity contribution is 0.580. The molecule has 0 saturated carbocycles. The molecule has 0 amide bonds. The van der Waals surface area contributed by atoms with Crippen LogP contribution in [0, 0.1) is 0 Å². The lowest BCUT2D eigenvalue weighted by atomic mass is 9.95. The number of anilines is 1. The third kappa shape index (κ3) is 4.37. The second kappa shape index (κ2) is 6.49. The first-order chi connectivity index (χ1) is 7.24. The molecule has 1 aromatic rings. The molecule has 0 aliphatic carbocycles. The van der Waals surface area contributed by atoms with Crippen molar-refractivity contribution >= 4 is 5.69 Å². The SMILES string of the molecule is CCCCCCC(C)c1ccc(N)cc1. The van der Waals surface area contributed by atoms with Crippen molar-refractivity contribution < 1.29 is 0 Å². The molecule has 1 rings (SSSR count). The Morgan fingerprint density at radius 1 is 1.07 bits per heavy atom. The van der Waals surface area contributed by atoms with Crippen LogP contribution in [0.3, 0.4) is 0 Å². The molecule has 15 heavy (non-hydrogen) atoms. The lowest BCUT2D eigenvalue weighted by Crippen LogP contribution is -1.94. The second-order valence-corrected chi connectivity index (χ2v) is 4.42. The highest BCUT2D eigenvalue weighted by atomic mass is 14.5. The predicted octanol–water partition coefficient (Wildman–Crippen LogP) is 4.34. The van der Waals surface area contributed by atoms with E-state index < -0.39 is 0 Å². The van der Waals surface area contributed by atoms with Gasteiger partial charge in [0.25, 0.3) is 0 Å². The number of unbranched alkanes of at least 4 members (excludes halogenated alkanes) is 3. The third-order valence-electron chi connectivity index (χ3n) is 3.00. The molecule has 0 aromatic heterocycles. The maximum Gasteiger partial charge on any atom is 0.0314 e. The van der Waals surface area contributed by atoms with Gasteiger partial charge in [-0.15, -0.1) is 0 Å². The smallest absolute Gasteiger partial charge is 0.0314 e. The van der Waals surface area contributed by atoms with Gasteiger partial charge in [-0.3, -0.25) is 0 Å². The van der Waals surface area contributed by atoms with Gasteiger partial charge < -0.3 is 5.73 Å². The van der Waals surface area contributed by atoms with Crippen LogP contribution in [0.25, 0.3) is 0 Å². The average molecular weight is 205 g/mol. The van der Waals surface area contributed by atoms with E-state index in [0.29, 0.717) is 5.92 Å². The monoisotopic (exact) mass is 205 g/mol. The Kier molecular flexibility index (Phi) is 5.23. The maximum atomic E-state index is 5.67. The van der Waals surface area contributed by atoms with Crippen LogP contribution in [-0.2, 0) is 0 Å². The Morgan fingerprint density at radius 3 is 2.33 bits per heavy atom. The van der Waals surface area contributed by atoms with E-state index in [4.69, 9.17) is 5.73 Å². The normalized spacial score (nSPS) is 12.7. The van der Waals surface area contributed by atoms with E-state index in [2.05, 4.69) is 26.0 Å². The van der Waals surface area contributed by atoms with Crippen molar-refractivity contribution in [3.8, 4) is 0 Å². The van der Waals surface area contributed by atoms with Gasteiger partial charge in [0.1, 0.15) is 0 Å². The Morgan fingerprint density at radius 2 is 1.73 bits per heavy atom. The lowest BCUT2D eigenvalue weighted by Gasteiger charge is -2.11. The van der Waals surface area contributed by atoms with Gasteiger partial charge in [-0.2, -0.15) is 0 Å². The fourth-order valence-corrected chi connectivity index (χ4v) is 1.87. The molecule has 1 aromatic carbocycles. The van der Waals surface area contributed by atoms with Crippen molar-refractivity contribution in [2.24, 2.45) is 0 Å². The number of benzene rings is 1. The summed E-state index contributed by atoms with van der Waals surface area (Å²) in [5.74, 6) is 0.669. The first kappa shape index (κ1) is 12.1. The van der Waals surface area contributed by atoms with Gasteiger partial charge in [0, 0.05) is 5.69 Å². The first-order valence-corrected chi connectivity index (χ1v) is 6.09. The maximum absolute atomic E-state index is 5.67. The number of hydrogen-bond donors (Lipinski definition) is 1. The van der Waals surface area contributed by atoms with Gasteiger partial charge in [-0.1, -0.05) is 51.7 Å². The van der Waals surface area contributed by atoms with Crippen LogP contribution in [-0.4, -0.2) is 0 Å². The predicted molar refractivity (Wildman–Crippen MR) is 68.0 cm³/mol. The van der Waals surface area contributed by atoms with Crippen molar-refractivity contribution in [1.29, 1.82) is 0 Å². The zero-order valence-electron chi connectivity index (χ0n) is 10.00. The molecule has 0 spiro atoms. The summed E-state index contributed by atoms with van der Waals surface area (Å²) in [5.41, 5.74) is 7.94. The van der Waals surface area contributed by atoms with E-state index in [1.165, 1.54) is 37.7 Å². The van der Waals surface area contributed by atoms with Crippen molar-refractivity contribution in [3.05, 3.63) is 29.8 Å². The molecule has 0 aliphatic heterocycles. The quantitative estimate of drug-likeness (QED) is 0.542. The minimum absolute atomic E-state index is 0.669. The van der Waals surface area contributed by atoms with Crippen LogP contribution in [0.5, 0.6) is 0 Å². The summed E-state index contributed by atoms with van der Waals surface area (Å²) < 4.78 is 0. The number of rotatable bonds is 6. The molecular weight excluding hydrogens is 182 g/mol. The standard InChI is InChI=1S/C14H23N/c1-3-4-5-6-7-12(2)13-8-10-14(15)11-9-13/h8-12H,3-7,15H2,1-2H3. The highest BCUT2D eigenvalue weighted by Gasteiger charge is 2.04. The number of nitrogen functional groups attached to an aromatic ring is 1. The van der Waals surface area contributed by atoms with Gasteiger partial charge >= 0.3 is 0 Å². The summed E-state index contributed by atoms with van der Waals surface area (Å²) in [6.07, 6.45) is 6.70. The minimum Gasteiger partial charge on any atom is -0.399 e. The van der Waals surface area contributed by atoms with Crippen LogP contribution in [0.1, 0.15) is 57.4 Å². The fraction of sp³-hybridized carbons (Fsp3) is 0.571. The third-order valence-corrected chi connectivity index (χ3v) is 3.00. The first-order valence-electron chi connectivity index (χ1n) is 6.09. The minimum atomic E-state index is 0.669. The molecule has 1 atom stereocenters. The molecule has 1 heteroatoms. The molecule has 1 unspecified atom stereocenters. The average Bonchev–Trinajstić information content (AvgIpc) is 2.25. The molecule has 0 heterocycles. The summed E-state index contributed by atoms with van der Waals surface area (Å²) in [7, 11) is 0. The summed E-state index contributed by atoms with van der Waals surface area (Å²) in [6.45, 7) is 4.56. The molecule has 0 fully saturated rings. The Labute approximate surface area is 93.7 Å². The van der Waals surface area contributed by atoms with Gasteiger partial charge in [0.2, 0.25) is 0 Å². The highest BCUT2D eigenvalue weighted by Crippen LogP contribution is 2.22. The van der Waals surface area contributed by atoms with E-state index in [-0.39, 0.29) is 0 Å². The van der Waals surface area contributed by atoms with Crippen molar-refractivity contribution in [2.45, 2.75) is 51.9 Å². The van der Waals surface area contributed by atoms with E-state index in [0.717, 1.165) is 5.69 Å². The summed E-state index contributed by atoms with van der Waals surface area (Å²) in [5, 5.41) is 0. The highest BCUT2D eigenvalue weighted by molar-refractivity contribution is 5.40. The Hall–Kier alpha value is -0.980. The van der Waals surface area contributed by atoms with Gasteiger partial charge in [-0.25, -0.2) is 0 Å². The van der Waals surface area contributed by atoms with E-state index in [1.54, 1.807) is 0 Å². The zero-order valence-corrected chi connectivity index (χ0v) is 10.00. The van der Waals surface area contributed by atoms with E-state index >= 15 is 0 Å².